The van der Waals surface area contributed by atoms with Crippen LogP contribution in [0.2, 0.25) is 0 Å². The SMILES string of the molecule is CC1CCNCC1Oc1c([N+](=O)[O-])ncn1C. The van der Waals surface area contributed by atoms with E-state index in [1.54, 1.807) is 11.6 Å². The zero-order valence-corrected chi connectivity index (χ0v) is 9.92. The third kappa shape index (κ3) is 2.38. The van der Waals surface area contributed by atoms with E-state index in [4.69, 9.17) is 4.74 Å². The summed E-state index contributed by atoms with van der Waals surface area (Å²) in [6, 6.07) is 0. The summed E-state index contributed by atoms with van der Waals surface area (Å²) in [6.07, 6.45) is 2.36. The Labute approximate surface area is 98.9 Å². The maximum atomic E-state index is 10.8. The number of imidazole rings is 1. The number of nitrogens with one attached hydrogen (secondary N) is 1. The molecule has 2 unspecified atom stereocenters. The van der Waals surface area contributed by atoms with Crippen LogP contribution in [0.25, 0.3) is 0 Å². The summed E-state index contributed by atoms with van der Waals surface area (Å²) >= 11 is 0. The molecule has 2 heterocycles. The second-order valence-electron chi connectivity index (χ2n) is 4.37. The van der Waals surface area contributed by atoms with Crippen LogP contribution in [-0.2, 0) is 7.05 Å². The summed E-state index contributed by atoms with van der Waals surface area (Å²) in [7, 11) is 1.69. The molecule has 1 aliphatic rings. The smallest absolute Gasteiger partial charge is 0.426 e. The maximum Gasteiger partial charge on any atom is 0.426 e. The van der Waals surface area contributed by atoms with Gasteiger partial charge in [-0.05, 0) is 28.8 Å². The molecule has 7 heteroatoms. The van der Waals surface area contributed by atoms with Gasteiger partial charge >= 0.3 is 5.82 Å². The van der Waals surface area contributed by atoms with Gasteiger partial charge < -0.3 is 20.2 Å². The van der Waals surface area contributed by atoms with E-state index >= 15 is 0 Å². The van der Waals surface area contributed by atoms with Gasteiger partial charge in [0, 0.05) is 13.6 Å². The van der Waals surface area contributed by atoms with Crippen molar-refractivity contribution in [2.45, 2.75) is 19.4 Å². The Hall–Kier alpha value is -1.63. The summed E-state index contributed by atoms with van der Waals surface area (Å²) in [5.41, 5.74) is 0. The van der Waals surface area contributed by atoms with Gasteiger partial charge in [-0.2, -0.15) is 0 Å². The van der Waals surface area contributed by atoms with E-state index < -0.39 is 4.92 Å². The van der Waals surface area contributed by atoms with Gasteiger partial charge in [0.25, 0.3) is 5.88 Å². The predicted molar refractivity (Wildman–Crippen MR) is 60.9 cm³/mol. The van der Waals surface area contributed by atoms with Crippen molar-refractivity contribution in [2.75, 3.05) is 13.1 Å². The van der Waals surface area contributed by atoms with E-state index in [-0.39, 0.29) is 17.8 Å². The standard InChI is InChI=1S/C10H16N4O3/c1-7-3-4-11-5-8(7)17-10-9(14(15)16)12-6-13(10)2/h6-8,11H,3-5H2,1-2H3. The van der Waals surface area contributed by atoms with Gasteiger partial charge in [0.05, 0.1) is 0 Å². The zero-order valence-electron chi connectivity index (χ0n) is 9.92. The largest absolute Gasteiger partial charge is 0.468 e. The molecule has 1 saturated heterocycles. The van der Waals surface area contributed by atoms with Gasteiger partial charge in [-0.3, -0.25) is 4.57 Å². The summed E-state index contributed by atoms with van der Waals surface area (Å²) in [5.74, 6) is 0.395. The highest BCUT2D eigenvalue weighted by Crippen LogP contribution is 2.27. The average Bonchev–Trinajstić information content (AvgIpc) is 2.64. The first-order valence-electron chi connectivity index (χ1n) is 5.62. The van der Waals surface area contributed by atoms with E-state index in [0.29, 0.717) is 12.5 Å². The van der Waals surface area contributed by atoms with Gasteiger partial charge in [-0.1, -0.05) is 6.92 Å². The van der Waals surface area contributed by atoms with Crippen LogP contribution in [0.4, 0.5) is 5.82 Å². The summed E-state index contributed by atoms with van der Waals surface area (Å²) in [5, 5.41) is 14.0. The van der Waals surface area contributed by atoms with Crippen LogP contribution in [0.1, 0.15) is 13.3 Å². The first-order chi connectivity index (χ1) is 8.09. The molecule has 1 fully saturated rings. The van der Waals surface area contributed by atoms with Crippen LogP contribution in [-0.4, -0.2) is 33.7 Å². The molecule has 0 spiro atoms. The lowest BCUT2D eigenvalue weighted by Gasteiger charge is -2.29. The van der Waals surface area contributed by atoms with E-state index in [0.717, 1.165) is 13.0 Å². The topological polar surface area (TPSA) is 82.2 Å². The third-order valence-corrected chi connectivity index (χ3v) is 3.06. The summed E-state index contributed by atoms with van der Waals surface area (Å²) < 4.78 is 7.27. The molecule has 0 bridgehead atoms. The molecule has 0 aromatic carbocycles. The van der Waals surface area contributed by atoms with E-state index in [1.165, 1.54) is 6.33 Å². The van der Waals surface area contributed by atoms with Crippen LogP contribution in [0.15, 0.2) is 6.33 Å². The number of aromatic nitrogens is 2. The Bertz CT molecular complexity index is 418. The van der Waals surface area contributed by atoms with Crippen molar-refractivity contribution < 1.29 is 9.66 Å². The van der Waals surface area contributed by atoms with Gasteiger partial charge in [0.15, 0.2) is 0 Å². The fourth-order valence-electron chi connectivity index (χ4n) is 1.93. The fraction of sp³-hybridized carbons (Fsp3) is 0.700. The second kappa shape index (κ2) is 4.70. The van der Waals surface area contributed by atoms with Crippen LogP contribution < -0.4 is 10.1 Å². The molecule has 1 aromatic rings. The van der Waals surface area contributed by atoms with Gasteiger partial charge in [-0.25, -0.2) is 0 Å². The first kappa shape index (κ1) is 11.8. The molecule has 2 rings (SSSR count). The van der Waals surface area contributed by atoms with E-state index in [1.807, 2.05) is 0 Å². The number of rotatable bonds is 3. The summed E-state index contributed by atoms with van der Waals surface area (Å²) in [6.45, 7) is 3.77. The Morgan fingerprint density at radius 2 is 2.47 bits per heavy atom. The first-order valence-corrected chi connectivity index (χ1v) is 5.62. The van der Waals surface area contributed by atoms with Gasteiger partial charge in [-0.15, -0.1) is 0 Å². The minimum atomic E-state index is -0.518. The molecule has 0 radical (unpaired) electrons. The number of piperidine rings is 1. The van der Waals surface area contributed by atoms with Gasteiger partial charge in [0.2, 0.25) is 6.33 Å². The molecule has 7 nitrogen and oxygen atoms in total. The number of hydrogen-bond donors (Lipinski definition) is 1. The second-order valence-corrected chi connectivity index (χ2v) is 4.37. The molecule has 1 N–H and O–H groups in total. The molecule has 94 valence electrons. The normalized spacial score (nSPS) is 24.6. The van der Waals surface area contributed by atoms with Crippen LogP contribution in [0.3, 0.4) is 0 Å². The van der Waals surface area contributed by atoms with E-state index in [2.05, 4.69) is 17.2 Å². The van der Waals surface area contributed by atoms with Crippen molar-refractivity contribution in [3.63, 3.8) is 0 Å². The number of ether oxygens (including phenoxy) is 1. The Morgan fingerprint density at radius 3 is 3.12 bits per heavy atom. The minimum Gasteiger partial charge on any atom is -0.468 e. The molecule has 0 aliphatic carbocycles. The highest BCUT2D eigenvalue weighted by molar-refractivity contribution is 5.33. The van der Waals surface area contributed by atoms with Crippen molar-refractivity contribution in [2.24, 2.45) is 13.0 Å². The highest BCUT2D eigenvalue weighted by Gasteiger charge is 2.29. The molecule has 0 saturated carbocycles. The van der Waals surface area contributed by atoms with E-state index in [9.17, 15) is 10.1 Å². The number of nitrogens with zero attached hydrogens (tertiary/aromatic N) is 3. The third-order valence-electron chi connectivity index (χ3n) is 3.06. The molecule has 17 heavy (non-hydrogen) atoms. The highest BCUT2D eigenvalue weighted by atomic mass is 16.6. The Kier molecular flexibility index (Phi) is 3.28. The molecular formula is C10H16N4O3. The molecule has 2 atom stereocenters. The fourth-order valence-corrected chi connectivity index (χ4v) is 1.93. The number of aryl methyl sites for hydroxylation is 1. The number of nitro groups is 1. The lowest BCUT2D eigenvalue weighted by Crippen LogP contribution is -2.43. The summed E-state index contributed by atoms with van der Waals surface area (Å²) in [4.78, 5) is 14.0. The van der Waals surface area contributed by atoms with Crippen molar-refractivity contribution in [3.8, 4) is 5.88 Å². The van der Waals surface area contributed by atoms with Gasteiger partial charge in [0.1, 0.15) is 6.10 Å². The van der Waals surface area contributed by atoms with Crippen LogP contribution in [0, 0.1) is 16.0 Å². The van der Waals surface area contributed by atoms with Crippen molar-refractivity contribution in [1.29, 1.82) is 0 Å². The van der Waals surface area contributed by atoms with Crippen molar-refractivity contribution in [3.05, 3.63) is 16.4 Å². The van der Waals surface area contributed by atoms with Crippen LogP contribution >= 0.6 is 0 Å². The molecule has 1 aliphatic heterocycles. The minimum absolute atomic E-state index is 0.0437. The predicted octanol–water partition coefficient (Wildman–Crippen LogP) is 0.705. The average molecular weight is 240 g/mol. The van der Waals surface area contributed by atoms with Crippen LogP contribution in [0.5, 0.6) is 5.88 Å². The lowest BCUT2D eigenvalue weighted by molar-refractivity contribution is -0.390. The van der Waals surface area contributed by atoms with Crippen molar-refractivity contribution in [1.82, 2.24) is 14.9 Å². The lowest BCUT2D eigenvalue weighted by atomic mass is 9.97. The zero-order chi connectivity index (χ0) is 12.4. The maximum absolute atomic E-state index is 10.8. The quantitative estimate of drug-likeness (QED) is 0.621. The van der Waals surface area contributed by atoms with Crippen molar-refractivity contribution >= 4 is 5.82 Å². The monoisotopic (exact) mass is 240 g/mol. The molecule has 1 aromatic heterocycles. The number of hydrogen-bond acceptors (Lipinski definition) is 5. The Morgan fingerprint density at radius 1 is 1.71 bits per heavy atom. The molecular weight excluding hydrogens is 224 g/mol. The Balaban J connectivity index is 2.17. The molecule has 0 amide bonds.